The third kappa shape index (κ3) is 1.74. The average Bonchev–Trinajstić information content (AvgIpc) is 3.02. The molecule has 2 rings (SSSR count). The van der Waals surface area contributed by atoms with Gasteiger partial charge >= 0.3 is 0 Å². The molecule has 1 heterocycles. The third-order valence-electron chi connectivity index (χ3n) is 3.06. The van der Waals surface area contributed by atoms with E-state index >= 15 is 0 Å². The van der Waals surface area contributed by atoms with E-state index in [1.807, 2.05) is 11.6 Å². The molecular formula is C11H14ClN3. The summed E-state index contributed by atoms with van der Waals surface area (Å²) < 4.78 is 1.82. The van der Waals surface area contributed by atoms with E-state index in [4.69, 9.17) is 16.9 Å². The second-order valence-corrected chi connectivity index (χ2v) is 4.46. The Morgan fingerprint density at radius 3 is 2.73 bits per heavy atom. The topological polar surface area (TPSA) is 41.6 Å². The van der Waals surface area contributed by atoms with Crippen LogP contribution in [0.15, 0.2) is 0 Å². The molecule has 0 aromatic carbocycles. The predicted molar refractivity (Wildman–Crippen MR) is 58.8 cm³/mol. The largest absolute Gasteiger partial charge is 0.249 e. The minimum absolute atomic E-state index is 0.324. The molecule has 1 aliphatic rings. The van der Waals surface area contributed by atoms with Crippen molar-refractivity contribution in [3.63, 3.8) is 0 Å². The van der Waals surface area contributed by atoms with Crippen LogP contribution in [0.2, 0.25) is 5.15 Å². The maximum atomic E-state index is 8.99. The first-order valence-corrected chi connectivity index (χ1v) is 5.73. The zero-order valence-corrected chi connectivity index (χ0v) is 9.75. The monoisotopic (exact) mass is 223 g/mol. The molecule has 0 amide bonds. The second-order valence-electron chi connectivity index (χ2n) is 4.10. The van der Waals surface area contributed by atoms with Crippen molar-refractivity contribution >= 4 is 11.6 Å². The van der Waals surface area contributed by atoms with Gasteiger partial charge in [-0.3, -0.25) is 0 Å². The Morgan fingerprint density at radius 2 is 2.33 bits per heavy atom. The summed E-state index contributed by atoms with van der Waals surface area (Å²) in [6, 6.07) is 2.46. The number of aryl methyl sites for hydroxylation is 1. The Hall–Kier alpha value is -1.01. The Labute approximate surface area is 94.6 Å². The fourth-order valence-electron chi connectivity index (χ4n) is 1.86. The molecule has 1 aromatic heterocycles. The molecular weight excluding hydrogens is 210 g/mol. The first-order valence-electron chi connectivity index (χ1n) is 5.36. The summed E-state index contributed by atoms with van der Waals surface area (Å²) in [5.41, 5.74) is 1.36. The lowest BCUT2D eigenvalue weighted by Crippen LogP contribution is -2.09. The smallest absolute Gasteiger partial charge is 0.145 e. The minimum atomic E-state index is 0.324. The molecule has 1 aliphatic carbocycles. The SMILES string of the molecule is CCc1nn(C(C)C2CC2)c(Cl)c1C#N. The quantitative estimate of drug-likeness (QED) is 0.791. The van der Waals surface area contributed by atoms with Gasteiger partial charge in [0.25, 0.3) is 0 Å². The van der Waals surface area contributed by atoms with Crippen LogP contribution in [0.4, 0.5) is 0 Å². The van der Waals surface area contributed by atoms with E-state index in [-0.39, 0.29) is 0 Å². The zero-order valence-electron chi connectivity index (χ0n) is 9.00. The molecule has 1 aromatic rings. The summed E-state index contributed by atoms with van der Waals surface area (Å²) in [5, 5.41) is 13.9. The van der Waals surface area contributed by atoms with E-state index in [0.717, 1.165) is 12.1 Å². The summed E-state index contributed by atoms with van der Waals surface area (Å²) in [6.45, 7) is 4.11. The molecule has 1 saturated carbocycles. The number of aromatic nitrogens is 2. The van der Waals surface area contributed by atoms with Gasteiger partial charge in [-0.1, -0.05) is 18.5 Å². The molecule has 1 unspecified atom stereocenters. The van der Waals surface area contributed by atoms with E-state index in [2.05, 4.69) is 18.1 Å². The van der Waals surface area contributed by atoms with Crippen LogP contribution in [0.3, 0.4) is 0 Å². The molecule has 4 heteroatoms. The van der Waals surface area contributed by atoms with Crippen LogP contribution >= 0.6 is 11.6 Å². The summed E-state index contributed by atoms with van der Waals surface area (Å²) in [6.07, 6.45) is 3.26. The number of rotatable bonds is 3. The van der Waals surface area contributed by atoms with E-state index in [1.165, 1.54) is 12.8 Å². The normalized spacial score (nSPS) is 17.5. The standard InChI is InChI=1S/C11H14ClN3/c1-3-10-9(6-13)11(12)15(14-10)7(2)8-4-5-8/h7-8H,3-5H2,1-2H3. The lowest BCUT2D eigenvalue weighted by atomic mass is 10.2. The first-order chi connectivity index (χ1) is 7.19. The van der Waals surface area contributed by atoms with E-state index in [1.54, 1.807) is 0 Å². The van der Waals surface area contributed by atoms with Gasteiger partial charge < -0.3 is 0 Å². The number of halogens is 1. The molecule has 0 saturated heterocycles. The molecule has 1 fully saturated rings. The van der Waals surface area contributed by atoms with Crippen molar-refractivity contribution in [2.24, 2.45) is 5.92 Å². The van der Waals surface area contributed by atoms with Crippen LogP contribution in [0.25, 0.3) is 0 Å². The van der Waals surface area contributed by atoms with Gasteiger partial charge in [-0.15, -0.1) is 0 Å². The fraction of sp³-hybridized carbons (Fsp3) is 0.636. The maximum absolute atomic E-state index is 8.99. The molecule has 15 heavy (non-hydrogen) atoms. The van der Waals surface area contributed by atoms with Gasteiger partial charge in [-0.25, -0.2) is 4.68 Å². The van der Waals surface area contributed by atoms with Gasteiger partial charge in [0.2, 0.25) is 0 Å². The van der Waals surface area contributed by atoms with Crippen LogP contribution in [-0.4, -0.2) is 9.78 Å². The van der Waals surface area contributed by atoms with E-state index in [0.29, 0.717) is 22.7 Å². The Bertz CT molecular complexity index is 412. The highest BCUT2D eigenvalue weighted by Gasteiger charge is 2.32. The van der Waals surface area contributed by atoms with Crippen LogP contribution in [0.5, 0.6) is 0 Å². The zero-order chi connectivity index (χ0) is 11.0. The Kier molecular flexibility index (Phi) is 2.70. The molecule has 0 bridgehead atoms. The molecule has 0 N–H and O–H groups in total. The Balaban J connectivity index is 2.39. The second kappa shape index (κ2) is 3.86. The number of hydrogen-bond acceptors (Lipinski definition) is 2. The third-order valence-corrected chi connectivity index (χ3v) is 3.42. The van der Waals surface area contributed by atoms with Crippen LogP contribution in [-0.2, 0) is 6.42 Å². The molecule has 1 atom stereocenters. The van der Waals surface area contributed by atoms with Crippen molar-refractivity contribution in [3.8, 4) is 6.07 Å². The highest BCUT2D eigenvalue weighted by Crippen LogP contribution is 2.40. The summed E-state index contributed by atoms with van der Waals surface area (Å²) in [4.78, 5) is 0. The van der Waals surface area contributed by atoms with Crippen molar-refractivity contribution in [3.05, 3.63) is 16.4 Å². The summed E-state index contributed by atoms with van der Waals surface area (Å²) in [5.74, 6) is 0.693. The molecule has 0 aliphatic heterocycles. The van der Waals surface area contributed by atoms with Gasteiger partial charge in [0, 0.05) is 0 Å². The maximum Gasteiger partial charge on any atom is 0.145 e. The van der Waals surface area contributed by atoms with Gasteiger partial charge in [-0.2, -0.15) is 10.4 Å². The lowest BCUT2D eigenvalue weighted by Gasteiger charge is -2.11. The number of hydrogen-bond donors (Lipinski definition) is 0. The van der Waals surface area contributed by atoms with Crippen molar-refractivity contribution in [1.82, 2.24) is 9.78 Å². The van der Waals surface area contributed by atoms with Crippen LogP contribution in [0.1, 0.15) is 44.0 Å². The van der Waals surface area contributed by atoms with Gasteiger partial charge in [-0.05, 0) is 32.1 Å². The number of nitrogens with zero attached hydrogens (tertiary/aromatic N) is 3. The minimum Gasteiger partial charge on any atom is -0.249 e. The average molecular weight is 224 g/mol. The fourth-order valence-corrected chi connectivity index (χ4v) is 2.21. The van der Waals surface area contributed by atoms with E-state index < -0.39 is 0 Å². The van der Waals surface area contributed by atoms with Crippen molar-refractivity contribution in [2.75, 3.05) is 0 Å². The molecule has 0 spiro atoms. The van der Waals surface area contributed by atoms with Crippen LogP contribution in [0, 0.1) is 17.2 Å². The Morgan fingerprint density at radius 1 is 1.67 bits per heavy atom. The highest BCUT2D eigenvalue weighted by atomic mass is 35.5. The molecule has 3 nitrogen and oxygen atoms in total. The van der Waals surface area contributed by atoms with Crippen molar-refractivity contribution in [2.45, 2.75) is 39.2 Å². The molecule has 80 valence electrons. The summed E-state index contributed by atoms with van der Waals surface area (Å²) in [7, 11) is 0. The van der Waals surface area contributed by atoms with Crippen molar-refractivity contribution < 1.29 is 0 Å². The van der Waals surface area contributed by atoms with Gasteiger partial charge in [0.05, 0.1) is 11.7 Å². The lowest BCUT2D eigenvalue weighted by molar-refractivity contribution is 0.438. The summed E-state index contributed by atoms with van der Waals surface area (Å²) >= 11 is 6.15. The van der Waals surface area contributed by atoms with Crippen molar-refractivity contribution in [1.29, 1.82) is 5.26 Å². The van der Waals surface area contributed by atoms with Gasteiger partial charge in [0.1, 0.15) is 16.8 Å². The predicted octanol–water partition coefficient (Wildman–Crippen LogP) is 2.94. The highest BCUT2D eigenvalue weighted by molar-refractivity contribution is 6.30. The molecule has 0 radical (unpaired) electrons. The number of nitriles is 1. The van der Waals surface area contributed by atoms with Crippen LogP contribution < -0.4 is 0 Å². The first kappa shape index (κ1) is 10.5. The van der Waals surface area contributed by atoms with E-state index in [9.17, 15) is 0 Å². The van der Waals surface area contributed by atoms with Gasteiger partial charge in [0.15, 0.2) is 0 Å².